The standard InChI is InChI=1S/C28H36O7/c1-7-32-27(30)13-9-21-14-22(8-12-25(21)33-16-18(2)3)28(31)24-11-10-23(35-20(6)29)15-26(24)34-17-19(4)5/h8,10-12,14-15,18-19H,7,9,13,16-17H2,1-6H3. The van der Waals surface area contributed by atoms with E-state index in [0.717, 1.165) is 5.56 Å². The minimum atomic E-state index is -0.456. The van der Waals surface area contributed by atoms with Gasteiger partial charge in [0.15, 0.2) is 5.78 Å². The number of esters is 2. The van der Waals surface area contributed by atoms with Gasteiger partial charge in [0.1, 0.15) is 17.2 Å². The third-order valence-electron chi connectivity index (χ3n) is 4.83. The van der Waals surface area contributed by atoms with Crippen LogP contribution in [0, 0.1) is 11.8 Å². The van der Waals surface area contributed by atoms with Crippen LogP contribution in [-0.4, -0.2) is 37.5 Å². The van der Waals surface area contributed by atoms with Crippen LogP contribution >= 0.6 is 0 Å². The van der Waals surface area contributed by atoms with E-state index in [9.17, 15) is 14.4 Å². The SMILES string of the molecule is CCOC(=O)CCc1cc(C(=O)c2ccc(OC(C)=O)cc2OCC(C)C)ccc1OCC(C)C. The Bertz CT molecular complexity index is 1020. The summed E-state index contributed by atoms with van der Waals surface area (Å²) in [5.74, 6) is 0.849. The first-order valence-electron chi connectivity index (χ1n) is 12.0. The molecule has 0 aliphatic carbocycles. The normalized spacial score (nSPS) is 10.9. The van der Waals surface area contributed by atoms with Gasteiger partial charge >= 0.3 is 11.9 Å². The van der Waals surface area contributed by atoms with Gasteiger partial charge < -0.3 is 18.9 Å². The van der Waals surface area contributed by atoms with E-state index in [0.29, 0.717) is 60.5 Å². The molecule has 35 heavy (non-hydrogen) atoms. The highest BCUT2D eigenvalue weighted by Gasteiger charge is 2.19. The Labute approximate surface area is 207 Å². The van der Waals surface area contributed by atoms with Crippen LogP contribution in [0.1, 0.15) is 69.4 Å². The molecule has 7 nitrogen and oxygen atoms in total. The van der Waals surface area contributed by atoms with Crippen molar-refractivity contribution in [1.29, 1.82) is 0 Å². The van der Waals surface area contributed by atoms with Crippen molar-refractivity contribution in [2.75, 3.05) is 19.8 Å². The van der Waals surface area contributed by atoms with E-state index in [1.807, 2.05) is 27.7 Å². The van der Waals surface area contributed by atoms with Gasteiger partial charge in [-0.2, -0.15) is 0 Å². The Hall–Kier alpha value is -3.35. The summed E-state index contributed by atoms with van der Waals surface area (Å²) in [6.45, 7) is 12.4. The number of hydrogen-bond donors (Lipinski definition) is 0. The average Bonchev–Trinajstić information content (AvgIpc) is 2.79. The molecule has 2 aromatic rings. The highest BCUT2D eigenvalue weighted by atomic mass is 16.5. The Morgan fingerprint density at radius 1 is 0.857 bits per heavy atom. The molecular weight excluding hydrogens is 448 g/mol. The fourth-order valence-electron chi connectivity index (χ4n) is 3.23. The number of rotatable bonds is 13. The van der Waals surface area contributed by atoms with Crippen molar-refractivity contribution in [2.45, 2.75) is 54.4 Å². The van der Waals surface area contributed by atoms with Crippen molar-refractivity contribution < 1.29 is 33.3 Å². The monoisotopic (exact) mass is 484 g/mol. The van der Waals surface area contributed by atoms with Crippen molar-refractivity contribution in [3.63, 3.8) is 0 Å². The molecule has 0 unspecified atom stereocenters. The molecule has 0 bridgehead atoms. The van der Waals surface area contributed by atoms with E-state index in [4.69, 9.17) is 18.9 Å². The highest BCUT2D eigenvalue weighted by molar-refractivity contribution is 6.11. The van der Waals surface area contributed by atoms with Crippen LogP contribution in [0.5, 0.6) is 17.2 Å². The zero-order valence-electron chi connectivity index (χ0n) is 21.5. The highest BCUT2D eigenvalue weighted by Crippen LogP contribution is 2.30. The molecule has 2 aromatic carbocycles. The first kappa shape index (κ1) is 27.9. The lowest BCUT2D eigenvalue weighted by Crippen LogP contribution is -2.12. The van der Waals surface area contributed by atoms with Crippen molar-refractivity contribution in [3.8, 4) is 17.2 Å². The van der Waals surface area contributed by atoms with Crippen LogP contribution in [-0.2, 0) is 20.7 Å². The molecule has 2 rings (SSSR count). The van der Waals surface area contributed by atoms with Gasteiger partial charge in [-0.25, -0.2) is 0 Å². The Balaban J connectivity index is 2.40. The smallest absolute Gasteiger partial charge is 0.308 e. The minimum Gasteiger partial charge on any atom is -0.493 e. The fourth-order valence-corrected chi connectivity index (χ4v) is 3.23. The summed E-state index contributed by atoms with van der Waals surface area (Å²) in [5.41, 5.74) is 1.55. The topological polar surface area (TPSA) is 88.1 Å². The number of aryl methyl sites for hydroxylation is 1. The number of benzene rings is 2. The van der Waals surface area contributed by atoms with Gasteiger partial charge in [-0.1, -0.05) is 27.7 Å². The minimum absolute atomic E-state index is 0.184. The molecule has 0 N–H and O–H groups in total. The van der Waals surface area contributed by atoms with Crippen molar-refractivity contribution in [3.05, 3.63) is 53.1 Å². The lowest BCUT2D eigenvalue weighted by molar-refractivity contribution is -0.143. The van der Waals surface area contributed by atoms with E-state index in [1.165, 1.54) is 6.92 Å². The molecule has 0 spiro atoms. The predicted molar refractivity (Wildman–Crippen MR) is 133 cm³/mol. The van der Waals surface area contributed by atoms with Gasteiger partial charge in [0.2, 0.25) is 0 Å². The van der Waals surface area contributed by atoms with Gasteiger partial charge in [-0.05, 0) is 61.1 Å². The Kier molecular flexibility index (Phi) is 10.8. The molecule has 0 saturated carbocycles. The largest absolute Gasteiger partial charge is 0.493 e. The quantitative estimate of drug-likeness (QED) is 0.213. The average molecular weight is 485 g/mol. The maximum Gasteiger partial charge on any atom is 0.308 e. The van der Waals surface area contributed by atoms with Crippen LogP contribution in [0.15, 0.2) is 36.4 Å². The summed E-state index contributed by atoms with van der Waals surface area (Å²) in [5, 5.41) is 0. The zero-order valence-corrected chi connectivity index (χ0v) is 21.5. The third kappa shape index (κ3) is 9.08. The third-order valence-corrected chi connectivity index (χ3v) is 4.83. The van der Waals surface area contributed by atoms with Gasteiger partial charge in [-0.3, -0.25) is 14.4 Å². The lowest BCUT2D eigenvalue weighted by Gasteiger charge is -2.16. The van der Waals surface area contributed by atoms with Crippen molar-refractivity contribution >= 4 is 17.7 Å². The summed E-state index contributed by atoms with van der Waals surface area (Å²) in [4.78, 5) is 36.8. The van der Waals surface area contributed by atoms with Crippen LogP contribution in [0.3, 0.4) is 0 Å². The first-order valence-corrected chi connectivity index (χ1v) is 12.0. The number of carbonyl (C=O) groups excluding carboxylic acids is 3. The van der Waals surface area contributed by atoms with Gasteiger partial charge in [0.25, 0.3) is 0 Å². The van der Waals surface area contributed by atoms with Crippen LogP contribution in [0.2, 0.25) is 0 Å². The Morgan fingerprint density at radius 2 is 1.51 bits per heavy atom. The molecular formula is C28H36O7. The second kappa shape index (κ2) is 13.5. The summed E-state index contributed by atoms with van der Waals surface area (Å²) in [6.07, 6.45) is 0.568. The van der Waals surface area contributed by atoms with Crippen LogP contribution in [0.4, 0.5) is 0 Å². The van der Waals surface area contributed by atoms with Crippen LogP contribution < -0.4 is 14.2 Å². The van der Waals surface area contributed by atoms with E-state index in [1.54, 1.807) is 43.3 Å². The van der Waals surface area contributed by atoms with E-state index >= 15 is 0 Å². The molecule has 0 heterocycles. The van der Waals surface area contributed by atoms with E-state index in [2.05, 4.69) is 0 Å². The maximum atomic E-state index is 13.5. The van der Waals surface area contributed by atoms with Gasteiger partial charge in [-0.15, -0.1) is 0 Å². The lowest BCUT2D eigenvalue weighted by atomic mass is 9.98. The number of ketones is 1. The molecule has 0 saturated heterocycles. The molecule has 0 radical (unpaired) electrons. The summed E-state index contributed by atoms with van der Waals surface area (Å²) < 4.78 is 22.0. The zero-order chi connectivity index (χ0) is 26.0. The van der Waals surface area contributed by atoms with E-state index < -0.39 is 5.97 Å². The summed E-state index contributed by atoms with van der Waals surface area (Å²) >= 11 is 0. The second-order valence-electron chi connectivity index (χ2n) is 9.12. The predicted octanol–water partition coefficient (Wildman–Crippen LogP) is 5.41. The number of carbonyl (C=O) groups is 3. The van der Waals surface area contributed by atoms with Crippen molar-refractivity contribution in [1.82, 2.24) is 0 Å². The number of hydrogen-bond acceptors (Lipinski definition) is 7. The molecule has 0 amide bonds. The fraction of sp³-hybridized carbons (Fsp3) is 0.464. The molecule has 0 fully saturated rings. The maximum absolute atomic E-state index is 13.5. The van der Waals surface area contributed by atoms with Gasteiger partial charge in [0.05, 0.1) is 25.4 Å². The second-order valence-corrected chi connectivity index (χ2v) is 9.12. The van der Waals surface area contributed by atoms with Gasteiger partial charge in [0, 0.05) is 25.0 Å². The number of ether oxygens (including phenoxy) is 4. The first-order chi connectivity index (χ1) is 16.6. The summed E-state index contributed by atoms with van der Waals surface area (Å²) in [6, 6.07) is 9.94. The molecule has 0 aliphatic rings. The van der Waals surface area contributed by atoms with E-state index in [-0.39, 0.29) is 24.1 Å². The molecule has 0 aliphatic heterocycles. The molecule has 0 aromatic heterocycles. The molecule has 0 atom stereocenters. The Morgan fingerprint density at radius 3 is 2.11 bits per heavy atom. The molecule has 190 valence electrons. The molecule has 7 heteroatoms. The van der Waals surface area contributed by atoms with Crippen molar-refractivity contribution in [2.24, 2.45) is 11.8 Å². The summed E-state index contributed by atoms with van der Waals surface area (Å²) in [7, 11) is 0. The van der Waals surface area contributed by atoms with Crippen LogP contribution in [0.25, 0.3) is 0 Å².